The average molecular weight is 408 g/mol. The molecule has 0 spiro atoms. The quantitative estimate of drug-likeness (QED) is 0.696. The summed E-state index contributed by atoms with van der Waals surface area (Å²) in [6.45, 7) is 7.53. The zero-order valence-electron chi connectivity index (χ0n) is 18.0. The van der Waals surface area contributed by atoms with Gasteiger partial charge in [0, 0.05) is 24.8 Å². The van der Waals surface area contributed by atoms with Gasteiger partial charge in [0.15, 0.2) is 5.82 Å². The molecule has 1 aliphatic heterocycles. The number of rotatable bonds is 5. The van der Waals surface area contributed by atoms with Crippen molar-refractivity contribution < 1.29 is 9.84 Å². The lowest BCUT2D eigenvalue weighted by molar-refractivity contribution is 0.00645. The molecule has 3 aromatic rings. The van der Waals surface area contributed by atoms with Crippen molar-refractivity contribution in [1.29, 1.82) is 0 Å². The summed E-state index contributed by atoms with van der Waals surface area (Å²) < 4.78 is 7.55. The third kappa shape index (κ3) is 4.16. The van der Waals surface area contributed by atoms with Gasteiger partial charge in [0.05, 0.1) is 36.1 Å². The van der Waals surface area contributed by atoms with Crippen LogP contribution in [0.15, 0.2) is 42.9 Å². The van der Waals surface area contributed by atoms with Crippen molar-refractivity contribution in [2.45, 2.75) is 39.2 Å². The zero-order valence-corrected chi connectivity index (χ0v) is 18.0. The van der Waals surface area contributed by atoms with Gasteiger partial charge in [0.1, 0.15) is 5.75 Å². The number of hydrogen-bond acceptors (Lipinski definition) is 6. The highest BCUT2D eigenvalue weighted by molar-refractivity contribution is 5.65. The molecule has 0 bridgehead atoms. The largest absolute Gasteiger partial charge is 0.495 e. The molecule has 0 atom stereocenters. The number of piperidine rings is 1. The lowest BCUT2D eigenvalue weighted by atomic mass is 9.83. The van der Waals surface area contributed by atoms with Crippen LogP contribution in [-0.4, -0.2) is 50.7 Å². The van der Waals surface area contributed by atoms with Gasteiger partial charge in [-0.1, -0.05) is 6.07 Å². The predicted octanol–water partition coefficient (Wildman–Crippen LogP) is 3.63. The lowest BCUT2D eigenvalue weighted by Crippen LogP contribution is -2.42. The highest BCUT2D eigenvalue weighted by Gasteiger charge is 2.30. The van der Waals surface area contributed by atoms with Crippen molar-refractivity contribution in [3.05, 3.63) is 48.5 Å². The number of hydrogen-bond donors (Lipinski definition) is 1. The third-order valence-corrected chi connectivity index (χ3v) is 5.93. The number of aromatic nitrogens is 4. The van der Waals surface area contributed by atoms with E-state index in [4.69, 9.17) is 4.74 Å². The molecular weight excluding hydrogens is 378 g/mol. The minimum atomic E-state index is -0.623. The molecule has 7 heteroatoms. The maximum atomic E-state index is 10.2. The van der Waals surface area contributed by atoms with Gasteiger partial charge >= 0.3 is 0 Å². The molecule has 2 aromatic heterocycles. The summed E-state index contributed by atoms with van der Waals surface area (Å²) in [6.07, 6.45) is 5.66. The van der Waals surface area contributed by atoms with Gasteiger partial charge in [-0.3, -0.25) is 0 Å². The minimum absolute atomic E-state index is 0.325. The van der Waals surface area contributed by atoms with E-state index < -0.39 is 5.60 Å². The molecule has 1 N–H and O–H groups in total. The topological polar surface area (TPSA) is 76.3 Å². The first kappa shape index (κ1) is 20.3. The summed E-state index contributed by atoms with van der Waals surface area (Å²) in [6, 6.07) is 10.0. The van der Waals surface area contributed by atoms with E-state index in [1.165, 1.54) is 0 Å². The van der Waals surface area contributed by atoms with E-state index in [-0.39, 0.29) is 0 Å². The van der Waals surface area contributed by atoms with Crippen LogP contribution in [0.1, 0.15) is 32.4 Å². The van der Waals surface area contributed by atoms with Gasteiger partial charge in [-0.25, -0.2) is 4.98 Å². The van der Waals surface area contributed by atoms with E-state index in [1.54, 1.807) is 13.4 Å². The number of benzene rings is 1. The molecule has 3 heterocycles. The molecule has 1 saturated heterocycles. The van der Waals surface area contributed by atoms with Crippen LogP contribution < -0.4 is 9.64 Å². The molecular formula is C23H29N5O2. The SMILES string of the molecule is COc1cc(-c2ccc(N3CCC(C(C)(C)O)CC3)nn2)ccc1-n1cnc(C)c1. The molecule has 158 valence electrons. The smallest absolute Gasteiger partial charge is 0.151 e. The van der Waals surface area contributed by atoms with Crippen LogP contribution in [0.2, 0.25) is 0 Å². The van der Waals surface area contributed by atoms with Crippen molar-refractivity contribution in [3.63, 3.8) is 0 Å². The first-order valence-electron chi connectivity index (χ1n) is 10.4. The summed E-state index contributed by atoms with van der Waals surface area (Å²) in [5, 5.41) is 19.2. The maximum Gasteiger partial charge on any atom is 0.151 e. The molecule has 1 aromatic carbocycles. The number of anilines is 1. The van der Waals surface area contributed by atoms with Gasteiger partial charge in [-0.2, -0.15) is 0 Å². The third-order valence-electron chi connectivity index (χ3n) is 5.93. The van der Waals surface area contributed by atoms with Gasteiger partial charge in [0.2, 0.25) is 0 Å². The molecule has 0 amide bonds. The molecule has 4 rings (SSSR count). The molecule has 1 aliphatic rings. The zero-order chi connectivity index (χ0) is 21.3. The first-order valence-corrected chi connectivity index (χ1v) is 10.4. The number of methoxy groups -OCH3 is 1. The fourth-order valence-electron chi connectivity index (χ4n) is 4.07. The van der Waals surface area contributed by atoms with Gasteiger partial charge in [-0.05, 0) is 63.8 Å². The molecule has 30 heavy (non-hydrogen) atoms. The van der Waals surface area contributed by atoms with Crippen LogP contribution in [0.25, 0.3) is 16.9 Å². The molecule has 0 unspecified atom stereocenters. The highest BCUT2D eigenvalue weighted by atomic mass is 16.5. The summed E-state index contributed by atoms with van der Waals surface area (Å²) in [4.78, 5) is 6.53. The Hall–Kier alpha value is -2.93. The van der Waals surface area contributed by atoms with Crippen molar-refractivity contribution in [3.8, 4) is 22.7 Å². The van der Waals surface area contributed by atoms with Crippen molar-refractivity contribution >= 4 is 5.82 Å². The van der Waals surface area contributed by atoms with E-state index in [0.717, 1.165) is 60.1 Å². The Kier molecular flexibility index (Phi) is 5.47. The fourth-order valence-corrected chi connectivity index (χ4v) is 4.07. The Balaban J connectivity index is 1.50. The Morgan fingerprint density at radius 1 is 1.10 bits per heavy atom. The number of aliphatic hydroxyl groups is 1. The molecule has 0 aliphatic carbocycles. The average Bonchev–Trinajstić information content (AvgIpc) is 3.19. The summed E-state index contributed by atoms with van der Waals surface area (Å²) in [7, 11) is 1.67. The van der Waals surface area contributed by atoms with Crippen LogP contribution in [-0.2, 0) is 0 Å². The Morgan fingerprint density at radius 2 is 1.87 bits per heavy atom. The Labute approximate surface area is 177 Å². The lowest BCUT2D eigenvalue weighted by Gasteiger charge is -2.38. The van der Waals surface area contributed by atoms with Gasteiger partial charge in [0.25, 0.3) is 0 Å². The second kappa shape index (κ2) is 8.07. The highest BCUT2D eigenvalue weighted by Crippen LogP contribution is 2.31. The molecule has 7 nitrogen and oxygen atoms in total. The maximum absolute atomic E-state index is 10.2. The van der Waals surface area contributed by atoms with E-state index in [2.05, 4.69) is 20.1 Å². The number of aryl methyl sites for hydroxylation is 1. The molecule has 1 fully saturated rings. The number of imidazole rings is 1. The fraction of sp³-hybridized carbons (Fsp3) is 0.435. The van der Waals surface area contributed by atoms with E-state index in [1.807, 2.05) is 61.9 Å². The van der Waals surface area contributed by atoms with Crippen LogP contribution in [0.4, 0.5) is 5.82 Å². The number of ether oxygens (including phenoxy) is 1. The normalized spacial score (nSPS) is 15.4. The van der Waals surface area contributed by atoms with Crippen LogP contribution >= 0.6 is 0 Å². The van der Waals surface area contributed by atoms with E-state index in [0.29, 0.717) is 5.92 Å². The van der Waals surface area contributed by atoms with Gasteiger partial charge in [-0.15, -0.1) is 10.2 Å². The molecule has 0 radical (unpaired) electrons. The minimum Gasteiger partial charge on any atom is -0.495 e. The van der Waals surface area contributed by atoms with Crippen molar-refractivity contribution in [2.75, 3.05) is 25.1 Å². The summed E-state index contributed by atoms with van der Waals surface area (Å²) in [5.74, 6) is 1.96. The van der Waals surface area contributed by atoms with E-state index >= 15 is 0 Å². The van der Waals surface area contributed by atoms with Crippen LogP contribution in [0, 0.1) is 12.8 Å². The monoisotopic (exact) mass is 407 g/mol. The van der Waals surface area contributed by atoms with Crippen LogP contribution in [0.3, 0.4) is 0 Å². The first-order chi connectivity index (χ1) is 14.3. The summed E-state index contributed by atoms with van der Waals surface area (Å²) in [5.41, 5.74) is 3.02. The van der Waals surface area contributed by atoms with Crippen LogP contribution in [0.5, 0.6) is 5.75 Å². The predicted molar refractivity (Wildman–Crippen MR) is 117 cm³/mol. The van der Waals surface area contributed by atoms with E-state index in [9.17, 15) is 5.11 Å². The second-order valence-electron chi connectivity index (χ2n) is 8.50. The standard InChI is InChI=1S/C23H29N5O2/c1-16-14-28(15-24-16)20-7-5-17(13-21(20)30-4)19-6-8-22(26-25-19)27-11-9-18(10-12-27)23(2,3)29/h5-8,13-15,18,29H,9-12H2,1-4H3. The molecule has 0 saturated carbocycles. The second-order valence-corrected chi connectivity index (χ2v) is 8.50. The van der Waals surface area contributed by atoms with Gasteiger partial charge < -0.3 is 19.3 Å². The Morgan fingerprint density at radius 3 is 2.43 bits per heavy atom. The summed E-state index contributed by atoms with van der Waals surface area (Å²) >= 11 is 0. The van der Waals surface area contributed by atoms with Crippen molar-refractivity contribution in [2.24, 2.45) is 5.92 Å². The number of nitrogens with zero attached hydrogens (tertiary/aromatic N) is 5. The van der Waals surface area contributed by atoms with Crippen molar-refractivity contribution in [1.82, 2.24) is 19.7 Å². The Bertz CT molecular complexity index is 999.